The number of amides is 3. The second-order valence-corrected chi connectivity index (χ2v) is 8.26. The minimum atomic E-state index is -0.649. The Kier molecular flexibility index (Phi) is 3.01. The standard InChI is InChI=1S/C19H24N2O3/c1-10(17(22)20-7-3-2-4-8-20)21-18(23)15-11-5-6-12(14-9-13(11)14)16(15)19(21)24/h5-6,10-16H,2-4,7-9H2,1H3. The molecule has 2 aliphatic heterocycles. The molecule has 0 aromatic carbocycles. The van der Waals surface area contributed by atoms with Gasteiger partial charge in [-0.25, -0.2) is 0 Å². The van der Waals surface area contributed by atoms with Gasteiger partial charge in [-0.05, 0) is 56.3 Å². The fraction of sp³-hybridized carbons (Fsp3) is 0.737. The molecule has 0 N–H and O–H groups in total. The van der Waals surface area contributed by atoms with E-state index in [0.717, 1.165) is 38.8 Å². The minimum absolute atomic E-state index is 0.0551. The Morgan fingerprint density at radius 3 is 2.08 bits per heavy atom. The van der Waals surface area contributed by atoms with Gasteiger partial charge in [0.2, 0.25) is 17.7 Å². The highest BCUT2D eigenvalue weighted by Crippen LogP contribution is 2.65. The van der Waals surface area contributed by atoms with E-state index in [4.69, 9.17) is 0 Å². The van der Waals surface area contributed by atoms with Crippen LogP contribution in [-0.4, -0.2) is 46.7 Å². The maximum Gasteiger partial charge on any atom is 0.245 e. The third-order valence-electron chi connectivity index (χ3n) is 7.11. The summed E-state index contributed by atoms with van der Waals surface area (Å²) in [4.78, 5) is 42.0. The lowest BCUT2D eigenvalue weighted by Crippen LogP contribution is -2.51. The lowest BCUT2D eigenvalue weighted by Gasteiger charge is -2.37. The highest BCUT2D eigenvalue weighted by molar-refractivity contribution is 6.09. The van der Waals surface area contributed by atoms with Gasteiger partial charge in [-0.15, -0.1) is 0 Å². The van der Waals surface area contributed by atoms with Crippen LogP contribution in [0.25, 0.3) is 0 Å². The number of allylic oxidation sites excluding steroid dienone is 2. The molecule has 2 bridgehead atoms. The summed E-state index contributed by atoms with van der Waals surface area (Å²) < 4.78 is 0. The minimum Gasteiger partial charge on any atom is -0.341 e. The van der Waals surface area contributed by atoms with Crippen molar-refractivity contribution in [3.05, 3.63) is 12.2 Å². The predicted molar refractivity (Wildman–Crippen MR) is 86.4 cm³/mol. The van der Waals surface area contributed by atoms with Gasteiger partial charge in [0.1, 0.15) is 6.04 Å². The number of carbonyl (C=O) groups is 3. The third-order valence-corrected chi connectivity index (χ3v) is 7.11. The molecule has 6 rings (SSSR count). The van der Waals surface area contributed by atoms with Gasteiger partial charge in [0.25, 0.3) is 0 Å². The smallest absolute Gasteiger partial charge is 0.245 e. The third kappa shape index (κ3) is 1.78. The number of carbonyl (C=O) groups excluding carboxylic acids is 3. The average molecular weight is 328 g/mol. The normalized spacial score (nSPS) is 43.7. The topological polar surface area (TPSA) is 57.7 Å². The molecule has 24 heavy (non-hydrogen) atoms. The van der Waals surface area contributed by atoms with Gasteiger partial charge in [-0.3, -0.25) is 19.3 Å². The van der Waals surface area contributed by atoms with Crippen molar-refractivity contribution in [1.29, 1.82) is 0 Å². The molecule has 128 valence electrons. The number of piperidine rings is 1. The Bertz CT molecular complexity index is 615. The Hall–Kier alpha value is -1.65. The molecular weight excluding hydrogens is 304 g/mol. The molecular formula is C19H24N2O3. The molecule has 7 unspecified atom stereocenters. The summed E-state index contributed by atoms with van der Waals surface area (Å²) in [5.74, 6) is 1.02. The maximum absolute atomic E-state index is 13.0. The monoisotopic (exact) mass is 328 g/mol. The van der Waals surface area contributed by atoms with Crippen molar-refractivity contribution in [2.45, 2.75) is 38.6 Å². The Labute approximate surface area is 142 Å². The van der Waals surface area contributed by atoms with Gasteiger partial charge < -0.3 is 4.90 Å². The average Bonchev–Trinajstić information content (AvgIpc) is 3.39. The molecule has 0 aromatic heterocycles. The molecule has 5 nitrogen and oxygen atoms in total. The van der Waals surface area contributed by atoms with Gasteiger partial charge in [0.05, 0.1) is 11.8 Å². The van der Waals surface area contributed by atoms with E-state index in [2.05, 4.69) is 12.2 Å². The van der Waals surface area contributed by atoms with Crippen LogP contribution in [-0.2, 0) is 14.4 Å². The van der Waals surface area contributed by atoms with Crippen molar-refractivity contribution in [1.82, 2.24) is 9.80 Å². The predicted octanol–water partition coefficient (Wildman–Crippen LogP) is 1.44. The fourth-order valence-corrected chi connectivity index (χ4v) is 5.85. The lowest BCUT2D eigenvalue weighted by molar-refractivity contribution is -0.151. The van der Waals surface area contributed by atoms with Crippen LogP contribution in [0.2, 0.25) is 0 Å². The van der Waals surface area contributed by atoms with E-state index in [1.807, 2.05) is 4.90 Å². The molecule has 0 aromatic rings. The van der Waals surface area contributed by atoms with Gasteiger partial charge in [0.15, 0.2) is 0 Å². The zero-order chi connectivity index (χ0) is 16.6. The molecule has 2 heterocycles. The van der Waals surface area contributed by atoms with Gasteiger partial charge in [-0.1, -0.05) is 12.2 Å². The number of rotatable bonds is 2. The highest BCUT2D eigenvalue weighted by atomic mass is 16.2. The van der Waals surface area contributed by atoms with Crippen molar-refractivity contribution < 1.29 is 14.4 Å². The van der Waals surface area contributed by atoms with Crippen LogP contribution in [0, 0.1) is 35.5 Å². The molecule has 2 saturated carbocycles. The van der Waals surface area contributed by atoms with Crippen LogP contribution in [0.15, 0.2) is 12.2 Å². The number of nitrogens with zero attached hydrogens (tertiary/aromatic N) is 2. The molecule has 7 atom stereocenters. The second-order valence-electron chi connectivity index (χ2n) is 8.26. The van der Waals surface area contributed by atoms with E-state index in [1.54, 1.807) is 6.92 Å². The zero-order valence-electron chi connectivity index (χ0n) is 14.1. The van der Waals surface area contributed by atoms with E-state index in [0.29, 0.717) is 11.8 Å². The quantitative estimate of drug-likeness (QED) is 0.569. The van der Waals surface area contributed by atoms with Crippen molar-refractivity contribution in [2.24, 2.45) is 35.5 Å². The van der Waals surface area contributed by atoms with Crippen molar-refractivity contribution in [3.63, 3.8) is 0 Å². The van der Waals surface area contributed by atoms with Crippen LogP contribution in [0.5, 0.6) is 0 Å². The molecule has 6 aliphatic rings. The molecule has 3 amide bonds. The molecule has 0 radical (unpaired) electrons. The summed E-state index contributed by atoms with van der Waals surface area (Å²) in [6.45, 7) is 3.24. The summed E-state index contributed by atoms with van der Waals surface area (Å²) in [5.41, 5.74) is 0. The largest absolute Gasteiger partial charge is 0.341 e. The summed E-state index contributed by atoms with van der Waals surface area (Å²) in [6, 6.07) is -0.649. The van der Waals surface area contributed by atoms with Crippen LogP contribution in [0.1, 0.15) is 32.6 Å². The summed E-state index contributed by atoms with van der Waals surface area (Å²) in [7, 11) is 0. The fourth-order valence-electron chi connectivity index (χ4n) is 5.85. The van der Waals surface area contributed by atoms with Crippen LogP contribution < -0.4 is 0 Å². The van der Waals surface area contributed by atoms with Crippen LogP contribution in [0.4, 0.5) is 0 Å². The first-order valence-corrected chi connectivity index (χ1v) is 9.43. The van der Waals surface area contributed by atoms with Gasteiger partial charge in [-0.2, -0.15) is 0 Å². The SMILES string of the molecule is CC(C(=O)N1CCCCC1)N1C(=O)C2C3C=CC(C4CC34)C2C1=O. The molecule has 0 spiro atoms. The van der Waals surface area contributed by atoms with E-state index < -0.39 is 6.04 Å². The number of hydrogen-bond acceptors (Lipinski definition) is 3. The maximum atomic E-state index is 13.0. The Morgan fingerprint density at radius 2 is 1.54 bits per heavy atom. The molecule has 5 heteroatoms. The lowest BCUT2D eigenvalue weighted by atomic mass is 9.63. The van der Waals surface area contributed by atoms with E-state index in [9.17, 15) is 14.4 Å². The van der Waals surface area contributed by atoms with Crippen molar-refractivity contribution in [2.75, 3.05) is 13.1 Å². The van der Waals surface area contributed by atoms with Crippen molar-refractivity contribution >= 4 is 17.7 Å². The van der Waals surface area contributed by atoms with Crippen molar-refractivity contribution in [3.8, 4) is 0 Å². The Balaban J connectivity index is 1.40. The number of imide groups is 1. The van der Waals surface area contributed by atoms with Crippen LogP contribution in [0.3, 0.4) is 0 Å². The zero-order valence-corrected chi connectivity index (χ0v) is 14.1. The molecule has 4 fully saturated rings. The first-order valence-electron chi connectivity index (χ1n) is 9.43. The highest BCUT2D eigenvalue weighted by Gasteiger charge is 2.67. The summed E-state index contributed by atoms with van der Waals surface area (Å²) >= 11 is 0. The van der Waals surface area contributed by atoms with Gasteiger partial charge >= 0.3 is 0 Å². The van der Waals surface area contributed by atoms with E-state index in [-0.39, 0.29) is 41.4 Å². The Morgan fingerprint density at radius 1 is 1.00 bits per heavy atom. The first-order chi connectivity index (χ1) is 11.6. The summed E-state index contributed by atoms with van der Waals surface area (Å²) in [6.07, 6.45) is 8.70. The first kappa shape index (κ1) is 14.7. The van der Waals surface area contributed by atoms with E-state index >= 15 is 0 Å². The number of hydrogen-bond donors (Lipinski definition) is 0. The second kappa shape index (κ2) is 4.93. The molecule has 2 saturated heterocycles. The van der Waals surface area contributed by atoms with Gasteiger partial charge in [0, 0.05) is 13.1 Å². The molecule has 4 aliphatic carbocycles. The van der Waals surface area contributed by atoms with Crippen LogP contribution >= 0.6 is 0 Å². The summed E-state index contributed by atoms with van der Waals surface area (Å²) in [5, 5.41) is 0. The van der Waals surface area contributed by atoms with E-state index in [1.165, 1.54) is 4.90 Å². The number of likely N-dealkylation sites (tertiary alicyclic amines) is 2.